The average Bonchev–Trinajstić information content (AvgIpc) is 3.64. The van der Waals surface area contributed by atoms with E-state index in [1.54, 1.807) is 12.1 Å². The van der Waals surface area contributed by atoms with E-state index in [0.29, 0.717) is 42.8 Å². The van der Waals surface area contributed by atoms with Gasteiger partial charge in [0.25, 0.3) is 0 Å². The van der Waals surface area contributed by atoms with Crippen molar-refractivity contribution in [2.75, 3.05) is 25.5 Å². The van der Waals surface area contributed by atoms with E-state index in [1.807, 2.05) is 4.90 Å². The molecule has 1 aromatic rings. The van der Waals surface area contributed by atoms with Gasteiger partial charge >= 0.3 is 0 Å². The minimum atomic E-state index is -0.713. The molecule has 4 rings (SSSR count). The van der Waals surface area contributed by atoms with Gasteiger partial charge in [-0.15, -0.1) is 0 Å². The Morgan fingerprint density at radius 1 is 1.12 bits per heavy atom. The van der Waals surface area contributed by atoms with Gasteiger partial charge in [0, 0.05) is 31.6 Å². The molecule has 0 aromatic heterocycles. The number of carbonyl (C=O) groups excluding carboxylic acids is 2. The molecule has 2 saturated carbocycles. The number of likely N-dealkylation sites (N-methyl/N-ethyl adjacent to an activating group) is 1. The van der Waals surface area contributed by atoms with E-state index in [2.05, 4.69) is 31.1 Å². The van der Waals surface area contributed by atoms with Crippen LogP contribution >= 0.6 is 0 Å². The number of nitrogens with zero attached hydrogens (tertiary/aromatic N) is 2. The fourth-order valence-corrected chi connectivity index (χ4v) is 5.13. The van der Waals surface area contributed by atoms with E-state index < -0.39 is 11.9 Å². The number of nitrogens with one attached hydrogen (secondary N) is 1. The predicted molar refractivity (Wildman–Crippen MR) is 124 cm³/mol. The summed E-state index contributed by atoms with van der Waals surface area (Å²) in [4.78, 5) is 29.4. The standard InChI is InChI=1S/C25H37FN4O2/c1-15-13-30(14-16(2)29(15)3)25(32)22(27)11-17-4-9-23(21(26)10-17)28-24(31)12-20(18-5-6-18)19-7-8-19/h4,9-10,15-16,18-20,22H,5-8,11-14,27H2,1-3H3,(H,28,31). The van der Waals surface area contributed by atoms with Crippen LogP contribution in [0.2, 0.25) is 0 Å². The predicted octanol–water partition coefficient (Wildman–Crippen LogP) is 3.01. The highest BCUT2D eigenvalue weighted by atomic mass is 19.1. The van der Waals surface area contributed by atoms with Crippen molar-refractivity contribution in [3.8, 4) is 0 Å². The van der Waals surface area contributed by atoms with Crippen molar-refractivity contribution in [1.82, 2.24) is 9.80 Å². The highest BCUT2D eigenvalue weighted by Crippen LogP contribution is 2.50. The molecule has 7 heteroatoms. The number of rotatable bonds is 8. The number of carbonyl (C=O) groups is 2. The highest BCUT2D eigenvalue weighted by Gasteiger charge is 2.42. The summed E-state index contributed by atoms with van der Waals surface area (Å²) in [5.41, 5.74) is 7.06. The summed E-state index contributed by atoms with van der Waals surface area (Å²) < 4.78 is 14.7. The fourth-order valence-electron chi connectivity index (χ4n) is 5.13. The number of benzene rings is 1. The molecule has 3 atom stereocenters. The molecule has 32 heavy (non-hydrogen) atoms. The second-order valence-electron chi connectivity index (χ2n) is 10.3. The van der Waals surface area contributed by atoms with Crippen LogP contribution < -0.4 is 11.1 Å². The van der Waals surface area contributed by atoms with Gasteiger partial charge in [-0.1, -0.05) is 6.07 Å². The molecule has 1 aliphatic heterocycles. The normalized spacial score (nSPS) is 25.1. The summed E-state index contributed by atoms with van der Waals surface area (Å²) in [5.74, 6) is 1.15. The van der Waals surface area contributed by atoms with Gasteiger partial charge < -0.3 is 16.0 Å². The Morgan fingerprint density at radius 3 is 2.25 bits per heavy atom. The first-order chi connectivity index (χ1) is 15.2. The largest absolute Gasteiger partial charge is 0.338 e. The average molecular weight is 445 g/mol. The number of piperazine rings is 1. The number of amides is 2. The van der Waals surface area contributed by atoms with Gasteiger partial charge in [-0.3, -0.25) is 14.5 Å². The van der Waals surface area contributed by atoms with Crippen molar-refractivity contribution in [2.45, 2.75) is 70.5 Å². The summed E-state index contributed by atoms with van der Waals surface area (Å²) >= 11 is 0. The van der Waals surface area contributed by atoms with Gasteiger partial charge in [-0.25, -0.2) is 4.39 Å². The Kier molecular flexibility index (Phi) is 6.86. The molecule has 1 saturated heterocycles. The van der Waals surface area contributed by atoms with Crippen molar-refractivity contribution >= 4 is 17.5 Å². The summed E-state index contributed by atoms with van der Waals surface area (Å²) in [6.07, 6.45) is 5.65. The summed E-state index contributed by atoms with van der Waals surface area (Å²) in [7, 11) is 2.07. The Hall–Kier alpha value is -1.99. The summed E-state index contributed by atoms with van der Waals surface area (Å²) in [6, 6.07) is 4.56. The Morgan fingerprint density at radius 2 is 1.72 bits per heavy atom. The topological polar surface area (TPSA) is 78.7 Å². The molecular formula is C25H37FN4O2. The molecule has 3 aliphatic rings. The molecule has 3 fully saturated rings. The zero-order valence-electron chi connectivity index (χ0n) is 19.5. The third kappa shape index (κ3) is 5.49. The van der Waals surface area contributed by atoms with Gasteiger partial charge in [0.15, 0.2) is 0 Å². The Bertz CT molecular complexity index is 830. The van der Waals surface area contributed by atoms with E-state index in [1.165, 1.54) is 31.7 Å². The maximum Gasteiger partial charge on any atom is 0.239 e. The molecular weight excluding hydrogens is 407 g/mol. The molecule has 2 amide bonds. The molecule has 3 unspecified atom stereocenters. The Labute approximate surface area is 190 Å². The molecule has 0 bridgehead atoms. The first kappa shape index (κ1) is 23.2. The summed E-state index contributed by atoms with van der Waals surface area (Å²) in [6.45, 7) is 5.49. The van der Waals surface area contributed by atoms with Crippen molar-refractivity contribution in [3.05, 3.63) is 29.6 Å². The van der Waals surface area contributed by atoms with E-state index in [9.17, 15) is 14.0 Å². The van der Waals surface area contributed by atoms with Crippen LogP contribution in [0.5, 0.6) is 0 Å². The van der Waals surface area contributed by atoms with Crippen molar-refractivity contribution in [3.63, 3.8) is 0 Å². The first-order valence-corrected chi connectivity index (χ1v) is 12.1. The third-order valence-electron chi connectivity index (χ3n) is 7.63. The van der Waals surface area contributed by atoms with E-state index in [-0.39, 0.29) is 36.0 Å². The Balaban J connectivity index is 1.31. The number of hydrogen-bond acceptors (Lipinski definition) is 4. The fraction of sp³-hybridized carbons (Fsp3) is 0.680. The van der Waals surface area contributed by atoms with Crippen LogP contribution in [-0.4, -0.2) is 59.9 Å². The zero-order valence-corrected chi connectivity index (χ0v) is 19.5. The minimum absolute atomic E-state index is 0.0965. The molecule has 176 valence electrons. The zero-order chi connectivity index (χ0) is 23.0. The van der Waals surface area contributed by atoms with Crippen LogP contribution in [0, 0.1) is 23.6 Å². The lowest BCUT2D eigenvalue weighted by Gasteiger charge is -2.43. The number of nitrogens with two attached hydrogens (primary N) is 1. The SMILES string of the molecule is CC1CN(C(=O)C(N)Cc2ccc(NC(=O)CC(C3CC3)C3CC3)c(F)c2)CC(C)N1C. The molecule has 2 aliphatic carbocycles. The lowest BCUT2D eigenvalue weighted by Crippen LogP contribution is -2.59. The molecule has 3 N–H and O–H groups in total. The van der Waals surface area contributed by atoms with Crippen molar-refractivity contribution < 1.29 is 14.0 Å². The van der Waals surface area contributed by atoms with Crippen molar-refractivity contribution in [2.24, 2.45) is 23.5 Å². The lowest BCUT2D eigenvalue weighted by atomic mass is 9.94. The molecule has 6 nitrogen and oxygen atoms in total. The van der Waals surface area contributed by atoms with Gasteiger partial charge in [0.05, 0.1) is 11.7 Å². The lowest BCUT2D eigenvalue weighted by molar-refractivity contribution is -0.136. The molecule has 1 aromatic carbocycles. The van der Waals surface area contributed by atoms with Crippen molar-refractivity contribution in [1.29, 1.82) is 0 Å². The first-order valence-electron chi connectivity index (χ1n) is 12.1. The molecule has 0 radical (unpaired) electrons. The number of anilines is 1. The number of hydrogen-bond donors (Lipinski definition) is 2. The van der Waals surface area contributed by atoms with Crippen LogP contribution in [0.25, 0.3) is 0 Å². The van der Waals surface area contributed by atoms with Crippen LogP contribution in [0.4, 0.5) is 10.1 Å². The third-order valence-corrected chi connectivity index (χ3v) is 7.63. The maximum absolute atomic E-state index is 14.7. The van der Waals surface area contributed by atoms with Crippen LogP contribution in [0.3, 0.4) is 0 Å². The number of halogens is 1. The second-order valence-corrected chi connectivity index (χ2v) is 10.3. The van der Waals surface area contributed by atoms with Crippen LogP contribution in [0.1, 0.15) is 51.5 Å². The maximum atomic E-state index is 14.7. The van der Waals surface area contributed by atoms with Gasteiger partial charge in [0.2, 0.25) is 11.8 Å². The van der Waals surface area contributed by atoms with Gasteiger partial charge in [0.1, 0.15) is 5.82 Å². The van der Waals surface area contributed by atoms with E-state index in [0.717, 1.165) is 0 Å². The van der Waals surface area contributed by atoms with E-state index in [4.69, 9.17) is 5.73 Å². The van der Waals surface area contributed by atoms with Crippen LogP contribution in [0.15, 0.2) is 18.2 Å². The minimum Gasteiger partial charge on any atom is -0.338 e. The smallest absolute Gasteiger partial charge is 0.239 e. The quantitative estimate of drug-likeness (QED) is 0.646. The summed E-state index contributed by atoms with van der Waals surface area (Å²) in [5, 5.41) is 2.75. The highest BCUT2D eigenvalue weighted by molar-refractivity contribution is 5.91. The van der Waals surface area contributed by atoms with E-state index >= 15 is 0 Å². The molecule has 1 heterocycles. The monoisotopic (exact) mass is 444 g/mol. The van der Waals surface area contributed by atoms with Gasteiger partial charge in [-0.2, -0.15) is 0 Å². The second kappa shape index (κ2) is 9.48. The van der Waals surface area contributed by atoms with Gasteiger partial charge in [-0.05, 0) is 88.4 Å². The molecule has 0 spiro atoms. The van der Waals surface area contributed by atoms with Crippen LogP contribution in [-0.2, 0) is 16.0 Å².